The molecule has 1 aromatic rings. The minimum atomic E-state index is -4.75. The highest BCUT2D eigenvalue weighted by Crippen LogP contribution is 2.34. The smallest absolute Gasteiger partial charge is 0.387 e. The zero-order valence-corrected chi connectivity index (χ0v) is 9.37. The van der Waals surface area contributed by atoms with E-state index in [4.69, 9.17) is 5.11 Å². The van der Waals surface area contributed by atoms with Crippen molar-refractivity contribution in [2.75, 3.05) is 6.61 Å². The maximum atomic E-state index is 12.0. The van der Waals surface area contributed by atoms with Crippen molar-refractivity contribution in [2.45, 2.75) is 18.5 Å². The van der Waals surface area contributed by atoms with Gasteiger partial charge in [0.25, 0.3) is 0 Å². The molecule has 0 aromatic heterocycles. The molecular formula is C10H7F9O. The van der Waals surface area contributed by atoms with Crippen LogP contribution in [0.1, 0.15) is 11.1 Å². The van der Waals surface area contributed by atoms with Gasteiger partial charge in [0, 0.05) is 0 Å². The minimum absolute atomic E-state index is 0.0833. The molecule has 0 saturated carbocycles. The number of halogens is 9. The number of rotatable bonds is 0. The van der Waals surface area contributed by atoms with Gasteiger partial charge in [-0.05, 0) is 18.2 Å². The molecule has 0 spiro atoms. The second-order valence-electron chi connectivity index (χ2n) is 3.35. The zero-order chi connectivity index (χ0) is 16.2. The van der Waals surface area contributed by atoms with Crippen LogP contribution in [-0.2, 0) is 12.4 Å². The molecule has 1 nitrogen and oxygen atoms in total. The average Bonchev–Trinajstić information content (AvgIpc) is 2.27. The SMILES string of the molecule is FC(F)(F)c1cccc(C(F)(F)F)c1.OCC(F)(F)F. The molecule has 1 rings (SSSR count). The van der Waals surface area contributed by atoms with Gasteiger partial charge in [0.2, 0.25) is 0 Å². The summed E-state index contributed by atoms with van der Waals surface area (Å²) in [5.74, 6) is 0. The topological polar surface area (TPSA) is 20.2 Å². The first-order valence-electron chi connectivity index (χ1n) is 4.69. The predicted molar refractivity (Wildman–Crippen MR) is 49.6 cm³/mol. The lowest BCUT2D eigenvalue weighted by Gasteiger charge is -2.10. The third kappa shape index (κ3) is 7.22. The van der Waals surface area contributed by atoms with Gasteiger partial charge in [-0.15, -0.1) is 0 Å². The Morgan fingerprint density at radius 2 is 1.05 bits per heavy atom. The summed E-state index contributed by atoms with van der Waals surface area (Å²) in [4.78, 5) is 0. The van der Waals surface area contributed by atoms with Crippen LogP contribution in [0.3, 0.4) is 0 Å². The van der Waals surface area contributed by atoms with E-state index in [9.17, 15) is 39.5 Å². The molecule has 0 aliphatic carbocycles. The van der Waals surface area contributed by atoms with Crippen LogP contribution < -0.4 is 0 Å². The van der Waals surface area contributed by atoms with Gasteiger partial charge >= 0.3 is 18.5 Å². The normalized spacial score (nSPS) is 12.7. The second kappa shape index (κ2) is 6.33. The van der Waals surface area contributed by atoms with Crippen molar-refractivity contribution in [3.63, 3.8) is 0 Å². The Kier molecular flexibility index (Phi) is 5.87. The molecule has 0 bridgehead atoms. The number of alkyl halides is 9. The fourth-order valence-corrected chi connectivity index (χ4v) is 0.872. The van der Waals surface area contributed by atoms with Crippen molar-refractivity contribution in [3.8, 4) is 0 Å². The van der Waals surface area contributed by atoms with Gasteiger partial charge in [-0.25, -0.2) is 0 Å². The van der Waals surface area contributed by atoms with Crippen LogP contribution in [0.25, 0.3) is 0 Å². The molecule has 0 aliphatic rings. The zero-order valence-electron chi connectivity index (χ0n) is 9.37. The van der Waals surface area contributed by atoms with Gasteiger partial charge in [0.05, 0.1) is 11.1 Å². The van der Waals surface area contributed by atoms with Crippen LogP contribution in [0.4, 0.5) is 39.5 Å². The maximum absolute atomic E-state index is 12.0. The molecule has 1 N–H and O–H groups in total. The molecule has 116 valence electrons. The van der Waals surface area contributed by atoms with E-state index in [0.717, 1.165) is 6.07 Å². The van der Waals surface area contributed by atoms with Crippen molar-refractivity contribution in [1.82, 2.24) is 0 Å². The van der Waals surface area contributed by atoms with Crippen molar-refractivity contribution < 1.29 is 44.6 Å². The lowest BCUT2D eigenvalue weighted by atomic mass is 10.1. The lowest BCUT2D eigenvalue weighted by Crippen LogP contribution is -2.12. The van der Waals surface area contributed by atoms with E-state index in [0.29, 0.717) is 12.1 Å². The van der Waals surface area contributed by atoms with Crippen molar-refractivity contribution in [2.24, 2.45) is 0 Å². The molecule has 1 aromatic carbocycles. The Balaban J connectivity index is 0.000000511. The third-order valence-corrected chi connectivity index (χ3v) is 1.70. The molecule has 10 heteroatoms. The second-order valence-corrected chi connectivity index (χ2v) is 3.35. The summed E-state index contributed by atoms with van der Waals surface area (Å²) in [7, 11) is 0. The first-order valence-corrected chi connectivity index (χ1v) is 4.69. The molecule has 20 heavy (non-hydrogen) atoms. The van der Waals surface area contributed by atoms with Crippen LogP contribution in [-0.4, -0.2) is 17.9 Å². The maximum Gasteiger partial charge on any atom is 0.416 e. The van der Waals surface area contributed by atoms with E-state index in [-0.39, 0.29) is 6.07 Å². The van der Waals surface area contributed by atoms with Crippen molar-refractivity contribution in [3.05, 3.63) is 35.4 Å². The highest BCUT2D eigenvalue weighted by Gasteiger charge is 2.35. The lowest BCUT2D eigenvalue weighted by molar-refractivity contribution is -0.159. The summed E-state index contributed by atoms with van der Waals surface area (Å²) in [6.07, 6.45) is -13.9. The van der Waals surface area contributed by atoms with Gasteiger partial charge < -0.3 is 5.11 Å². The Morgan fingerprint density at radius 1 is 0.750 bits per heavy atom. The van der Waals surface area contributed by atoms with Crippen LogP contribution in [0, 0.1) is 0 Å². The van der Waals surface area contributed by atoms with Crippen LogP contribution >= 0.6 is 0 Å². The molecule has 0 saturated heterocycles. The Bertz CT molecular complexity index is 387. The number of hydrogen-bond donors (Lipinski definition) is 1. The van der Waals surface area contributed by atoms with Crippen LogP contribution in [0.2, 0.25) is 0 Å². The van der Waals surface area contributed by atoms with E-state index in [2.05, 4.69) is 0 Å². The summed E-state index contributed by atoms with van der Waals surface area (Å²) in [5.41, 5.74) is -2.60. The largest absolute Gasteiger partial charge is 0.416 e. The summed E-state index contributed by atoms with van der Waals surface area (Å²) in [6.45, 7) is -1.73. The van der Waals surface area contributed by atoms with Crippen molar-refractivity contribution in [1.29, 1.82) is 0 Å². The van der Waals surface area contributed by atoms with E-state index in [1.807, 2.05) is 0 Å². The number of benzene rings is 1. The summed E-state index contributed by atoms with van der Waals surface area (Å²) < 4.78 is 104. The van der Waals surface area contributed by atoms with Gasteiger partial charge in [-0.3, -0.25) is 0 Å². The molecule has 0 fully saturated rings. The first-order chi connectivity index (χ1) is 8.77. The number of aliphatic hydroxyl groups excluding tert-OH is 1. The summed E-state index contributed by atoms with van der Waals surface area (Å²) in [5, 5.41) is 7.28. The van der Waals surface area contributed by atoms with Crippen LogP contribution in [0.5, 0.6) is 0 Å². The van der Waals surface area contributed by atoms with Gasteiger partial charge in [-0.2, -0.15) is 39.5 Å². The Hall–Kier alpha value is -1.45. The van der Waals surface area contributed by atoms with E-state index in [1.54, 1.807) is 0 Å². The Morgan fingerprint density at radius 3 is 1.25 bits per heavy atom. The summed E-state index contributed by atoms with van der Waals surface area (Å²) >= 11 is 0. The highest BCUT2D eigenvalue weighted by molar-refractivity contribution is 5.27. The molecule has 0 atom stereocenters. The van der Waals surface area contributed by atoms with Gasteiger partial charge in [0.15, 0.2) is 0 Å². The summed E-state index contributed by atoms with van der Waals surface area (Å²) in [6, 6.07) is 2.00. The van der Waals surface area contributed by atoms with Crippen LogP contribution in [0.15, 0.2) is 24.3 Å². The number of aliphatic hydroxyl groups is 1. The number of hydrogen-bond acceptors (Lipinski definition) is 1. The Labute approximate surface area is 106 Å². The average molecular weight is 314 g/mol. The molecular weight excluding hydrogens is 307 g/mol. The fourth-order valence-electron chi connectivity index (χ4n) is 0.872. The monoisotopic (exact) mass is 314 g/mol. The molecule has 0 radical (unpaired) electrons. The van der Waals surface area contributed by atoms with E-state index < -0.39 is 36.3 Å². The predicted octanol–water partition coefficient (Wildman–Crippen LogP) is 4.27. The quantitative estimate of drug-likeness (QED) is 0.709. The fraction of sp³-hybridized carbons (Fsp3) is 0.400. The van der Waals surface area contributed by atoms with Crippen molar-refractivity contribution >= 4 is 0 Å². The first kappa shape index (κ1) is 18.6. The van der Waals surface area contributed by atoms with E-state index in [1.165, 1.54) is 0 Å². The molecule has 0 unspecified atom stereocenters. The van der Waals surface area contributed by atoms with E-state index >= 15 is 0 Å². The molecule has 0 amide bonds. The molecule has 0 heterocycles. The van der Waals surface area contributed by atoms with Gasteiger partial charge in [0.1, 0.15) is 6.61 Å². The van der Waals surface area contributed by atoms with Gasteiger partial charge in [-0.1, -0.05) is 6.07 Å². The third-order valence-electron chi connectivity index (χ3n) is 1.70. The highest BCUT2D eigenvalue weighted by atomic mass is 19.4. The standard InChI is InChI=1S/C8H4F6.C2H3F3O/c9-7(10,11)5-2-1-3-6(4-5)8(12,13)14;3-2(4,5)1-6/h1-4H;6H,1H2. The minimum Gasteiger partial charge on any atom is -0.387 e. The molecule has 0 aliphatic heterocycles.